The lowest BCUT2D eigenvalue weighted by molar-refractivity contribution is -0.120. The lowest BCUT2D eigenvalue weighted by atomic mass is 9.91. The summed E-state index contributed by atoms with van der Waals surface area (Å²) in [6.07, 6.45) is 4.59. The first-order valence-electron chi connectivity index (χ1n) is 21.2. The van der Waals surface area contributed by atoms with Crippen molar-refractivity contribution in [3.8, 4) is 17.0 Å². The van der Waals surface area contributed by atoms with Gasteiger partial charge in [-0.1, -0.05) is 18.2 Å². The minimum atomic E-state index is -1.36. The van der Waals surface area contributed by atoms with Gasteiger partial charge in [0.25, 0.3) is 5.91 Å². The van der Waals surface area contributed by atoms with Crippen molar-refractivity contribution in [2.75, 3.05) is 74.5 Å². The van der Waals surface area contributed by atoms with Crippen molar-refractivity contribution in [3.05, 3.63) is 95.2 Å². The van der Waals surface area contributed by atoms with Crippen molar-refractivity contribution in [1.82, 2.24) is 29.9 Å². The second kappa shape index (κ2) is 16.4. The minimum absolute atomic E-state index is 0.0910. The van der Waals surface area contributed by atoms with Crippen LogP contribution in [0.3, 0.4) is 0 Å². The number of phenolic OH excluding ortho intramolecular Hbond substituents is 1. The average Bonchev–Trinajstić information content (AvgIpc) is 3.59. The van der Waals surface area contributed by atoms with Crippen LogP contribution in [0.15, 0.2) is 72.9 Å². The number of para-hydroxylation sites is 1. The van der Waals surface area contributed by atoms with E-state index in [2.05, 4.69) is 49.1 Å². The van der Waals surface area contributed by atoms with Crippen LogP contribution in [0.1, 0.15) is 71.3 Å². The summed E-state index contributed by atoms with van der Waals surface area (Å²) in [5.41, 5.74) is 12.3. The maximum absolute atomic E-state index is 16.4. The maximum Gasteiger partial charge on any atom is 0.328 e. The third kappa shape index (κ3) is 8.11. The van der Waals surface area contributed by atoms with E-state index in [-0.39, 0.29) is 36.1 Å². The Morgan fingerprint density at radius 2 is 1.74 bits per heavy atom. The van der Waals surface area contributed by atoms with Crippen molar-refractivity contribution < 1.29 is 28.6 Å². The van der Waals surface area contributed by atoms with Crippen molar-refractivity contribution in [2.45, 2.75) is 63.8 Å². The number of nitrogens with one attached hydrogen (secondary N) is 1. The Morgan fingerprint density at radius 1 is 0.951 bits per heavy atom. The molecule has 4 aliphatic heterocycles. The van der Waals surface area contributed by atoms with Gasteiger partial charge in [0.15, 0.2) is 5.82 Å². The van der Waals surface area contributed by atoms with Crippen molar-refractivity contribution in [3.63, 3.8) is 0 Å². The van der Waals surface area contributed by atoms with Crippen LogP contribution in [0.4, 0.5) is 26.4 Å². The molecule has 4 N–H and O–H groups in total. The topological polar surface area (TPSA) is 162 Å². The highest BCUT2D eigenvalue weighted by Crippen LogP contribution is 2.37. The summed E-state index contributed by atoms with van der Waals surface area (Å²) in [6.45, 7) is 8.68. The lowest BCUT2D eigenvalue weighted by Gasteiger charge is -2.41. The number of imide groups is 1. The fourth-order valence-corrected chi connectivity index (χ4v) is 9.59. The molecule has 318 valence electrons. The lowest BCUT2D eigenvalue weighted by Crippen LogP contribution is -2.51. The summed E-state index contributed by atoms with van der Waals surface area (Å²) in [5, 5.41) is 22.3. The van der Waals surface area contributed by atoms with Gasteiger partial charge < -0.3 is 34.8 Å². The molecule has 0 unspecified atom stereocenters. The molecule has 0 saturated carbocycles. The zero-order valence-electron chi connectivity index (χ0n) is 34.6. The first kappa shape index (κ1) is 40.4. The summed E-state index contributed by atoms with van der Waals surface area (Å²) in [5.74, 6) is 0.0652. The molecule has 4 amide bonds. The Hall–Kier alpha value is -6.06. The first-order valence-corrected chi connectivity index (χ1v) is 21.2. The summed E-state index contributed by atoms with van der Waals surface area (Å²) in [7, 11) is 0. The number of piperidine rings is 2. The summed E-state index contributed by atoms with van der Waals surface area (Å²) in [4.78, 5) is 45.6. The molecule has 15 heteroatoms. The largest absolute Gasteiger partial charge is 0.507 e. The molecule has 5 aromatic rings. The van der Waals surface area contributed by atoms with Gasteiger partial charge in [-0.3, -0.25) is 19.8 Å². The van der Waals surface area contributed by atoms with E-state index >= 15 is 4.39 Å². The van der Waals surface area contributed by atoms with Crippen LogP contribution in [0.25, 0.3) is 22.2 Å². The molecular formula is C46H52FN9O5. The molecule has 0 radical (unpaired) electrons. The number of phenols is 1. The maximum atomic E-state index is 16.4. The first-order chi connectivity index (χ1) is 29.4. The van der Waals surface area contributed by atoms with Crippen LogP contribution in [0.2, 0.25) is 0 Å². The normalized spacial score (nSPS) is 20.3. The summed E-state index contributed by atoms with van der Waals surface area (Å²) in [6, 6.07) is 20.5. The number of benzene rings is 3. The molecular weight excluding hydrogens is 778 g/mol. The minimum Gasteiger partial charge on any atom is -0.507 e. The average molecular weight is 830 g/mol. The number of aryl methyl sites for hydroxylation is 2. The van der Waals surface area contributed by atoms with Gasteiger partial charge in [-0.25, -0.2) is 9.18 Å². The zero-order chi connectivity index (χ0) is 42.4. The molecule has 4 fully saturated rings. The number of morpholine rings is 1. The van der Waals surface area contributed by atoms with Crippen LogP contribution in [-0.2, 0) is 9.53 Å². The monoisotopic (exact) mass is 829 g/mol. The second-order valence-corrected chi connectivity index (χ2v) is 17.0. The van der Waals surface area contributed by atoms with Gasteiger partial charge in [-0.05, 0) is 91.9 Å². The number of aromatic hydroxyl groups is 1. The van der Waals surface area contributed by atoms with E-state index in [1.54, 1.807) is 28.0 Å². The number of anilines is 3. The third-order valence-electron chi connectivity index (χ3n) is 13.0. The quantitative estimate of drug-likeness (QED) is 0.162. The number of hydrogen-bond donors (Lipinski definition) is 3. The third-order valence-corrected chi connectivity index (χ3v) is 13.0. The summed E-state index contributed by atoms with van der Waals surface area (Å²) >= 11 is 0. The molecule has 0 aliphatic carbocycles. The van der Waals surface area contributed by atoms with E-state index in [0.29, 0.717) is 87.0 Å². The predicted octanol–water partition coefficient (Wildman–Crippen LogP) is 6.31. The number of carbonyl (C=O) groups is 3. The predicted molar refractivity (Wildman–Crippen MR) is 231 cm³/mol. The van der Waals surface area contributed by atoms with Crippen molar-refractivity contribution in [2.24, 2.45) is 0 Å². The van der Waals surface area contributed by atoms with E-state index < -0.39 is 11.7 Å². The van der Waals surface area contributed by atoms with Gasteiger partial charge in [-0.15, -0.1) is 10.2 Å². The highest BCUT2D eigenvalue weighted by molar-refractivity contribution is 6.06. The van der Waals surface area contributed by atoms with E-state index in [0.717, 1.165) is 59.2 Å². The number of amides is 4. The highest BCUT2D eigenvalue weighted by Gasteiger charge is 2.39. The Bertz CT molecular complexity index is 2490. The number of urea groups is 1. The summed E-state index contributed by atoms with van der Waals surface area (Å²) < 4.78 is 25.0. The zero-order valence-corrected chi connectivity index (χ0v) is 34.6. The van der Waals surface area contributed by atoms with Crippen LogP contribution < -0.4 is 20.9 Å². The SMILES string of the molecule is Cc1cc(C(=O)N2CCC(F)(CN3CCC(n4cc(C)c5cc(N6CCC(=O)NC6=O)ccc54)CC3)CC2)ccc1[C@H]1CN(c2cc(-c3ccccc3O)nnc2N)CCO1. The highest BCUT2D eigenvalue weighted by atomic mass is 19.1. The van der Waals surface area contributed by atoms with Gasteiger partial charge in [0.2, 0.25) is 5.91 Å². The molecule has 1 atom stereocenters. The Labute approximate surface area is 354 Å². The molecule has 2 aromatic heterocycles. The van der Waals surface area contributed by atoms with Crippen molar-refractivity contribution >= 4 is 45.9 Å². The van der Waals surface area contributed by atoms with E-state index in [1.165, 1.54) is 0 Å². The van der Waals surface area contributed by atoms with Gasteiger partial charge in [0.1, 0.15) is 17.5 Å². The Morgan fingerprint density at radius 3 is 2.49 bits per heavy atom. The number of likely N-dealkylation sites (tertiary alicyclic amines) is 2. The van der Waals surface area contributed by atoms with Crippen LogP contribution in [-0.4, -0.2) is 112 Å². The smallest absolute Gasteiger partial charge is 0.328 e. The van der Waals surface area contributed by atoms with E-state index in [4.69, 9.17) is 10.5 Å². The van der Waals surface area contributed by atoms with Gasteiger partial charge >= 0.3 is 6.03 Å². The van der Waals surface area contributed by atoms with E-state index in [9.17, 15) is 19.5 Å². The number of fused-ring (bicyclic) bond motifs is 1. The van der Waals surface area contributed by atoms with E-state index in [1.807, 2.05) is 49.4 Å². The van der Waals surface area contributed by atoms with Crippen LogP contribution in [0, 0.1) is 13.8 Å². The fourth-order valence-electron chi connectivity index (χ4n) is 9.59. The number of hydrogen-bond acceptors (Lipinski definition) is 10. The molecule has 0 spiro atoms. The molecule has 4 aliphatic rings. The molecule has 4 saturated heterocycles. The van der Waals surface area contributed by atoms with Gasteiger partial charge in [0, 0.05) is 112 Å². The number of nitrogens with two attached hydrogens (primary N) is 1. The number of rotatable bonds is 8. The van der Waals surface area contributed by atoms with Gasteiger partial charge in [-0.2, -0.15) is 0 Å². The van der Waals surface area contributed by atoms with Crippen LogP contribution in [0.5, 0.6) is 5.75 Å². The number of ether oxygens (including phenoxy) is 1. The molecule has 0 bridgehead atoms. The number of alkyl halides is 1. The number of carbonyl (C=O) groups excluding carboxylic acids is 3. The fraction of sp³-hybridized carbons (Fsp3) is 0.413. The molecule has 3 aromatic carbocycles. The van der Waals surface area contributed by atoms with Gasteiger partial charge in [0.05, 0.1) is 18.0 Å². The number of aromatic nitrogens is 3. The molecule has 9 rings (SSSR count). The number of halogens is 1. The number of nitrogen functional groups attached to an aromatic ring is 1. The second-order valence-electron chi connectivity index (χ2n) is 17.0. The van der Waals surface area contributed by atoms with Crippen molar-refractivity contribution in [1.29, 1.82) is 0 Å². The molecule has 6 heterocycles. The molecule has 14 nitrogen and oxygen atoms in total. The van der Waals surface area contributed by atoms with Crippen LogP contribution >= 0.6 is 0 Å². The Balaban J connectivity index is 0.781. The Kier molecular flexibility index (Phi) is 10.9. The molecule has 61 heavy (non-hydrogen) atoms. The number of nitrogens with zero attached hydrogens (tertiary/aromatic N) is 7. The standard InChI is InChI=1S/C46H52FN9O5/c1-29-23-31(7-9-34(29)41-27-54(21-22-61-41)39-25-37(50-51-43(39)48)35-5-3-4-6-40(35)57)44(59)53-19-14-46(47,15-20-53)28-52-16-11-32(12-17-52)56-26-30(2)36-24-33(8-10-38(36)56)55-18-13-42(58)49-45(55)60/h3-10,23-26,32,41,57H,11-22,27-28H2,1-2H3,(H2,48,51)(H,49,58,60)/t41-/m1/s1.